The van der Waals surface area contributed by atoms with Gasteiger partial charge in [0, 0.05) is 32.2 Å². The molecule has 2 heterocycles. The molecule has 1 aliphatic heterocycles. The zero-order chi connectivity index (χ0) is 25.9. The van der Waals surface area contributed by atoms with Gasteiger partial charge in [-0.1, -0.05) is 11.6 Å². The fraction of sp³-hybridized carbons (Fsp3) is 0.333. The van der Waals surface area contributed by atoms with Crippen molar-refractivity contribution in [3.05, 3.63) is 40.0 Å². The third-order valence-corrected chi connectivity index (χ3v) is 5.50. The minimum atomic E-state index is -5.03. The topological polar surface area (TPSA) is 128 Å². The Morgan fingerprint density at radius 3 is 2.29 bits per heavy atom. The number of hydrogen-bond donors (Lipinski definition) is 2. The molecule has 0 radical (unpaired) electrons. The Kier molecular flexibility index (Phi) is 7.45. The smallest absolute Gasteiger partial charge is 0.434 e. The van der Waals surface area contributed by atoms with E-state index in [1.165, 1.54) is 36.2 Å². The summed E-state index contributed by atoms with van der Waals surface area (Å²) < 4.78 is 50.5. The quantitative estimate of drug-likeness (QED) is 0.619. The van der Waals surface area contributed by atoms with Crippen molar-refractivity contribution >= 4 is 35.1 Å². The van der Waals surface area contributed by atoms with Crippen LogP contribution >= 0.6 is 11.6 Å². The lowest BCUT2D eigenvalue weighted by Gasteiger charge is -2.36. The van der Waals surface area contributed by atoms with Crippen LogP contribution in [-0.4, -0.2) is 67.4 Å². The number of piperazine rings is 1. The molecule has 2 N–H and O–H groups in total. The minimum absolute atomic E-state index is 0.0549. The van der Waals surface area contributed by atoms with Crippen LogP contribution < -0.4 is 19.7 Å². The van der Waals surface area contributed by atoms with Crippen molar-refractivity contribution in [2.24, 2.45) is 0 Å². The first-order valence-corrected chi connectivity index (χ1v) is 10.4. The SMILES string of the molecule is COc1cc(OC)c(NC(=O)N2CCN(c3nc(C(F)(F)F)c(C(=O)O)cc3C#N)CC2)cc1Cl. The Labute approximate surface area is 202 Å². The zero-order valence-corrected chi connectivity index (χ0v) is 19.2. The Bertz CT molecular complexity index is 1190. The Morgan fingerprint density at radius 1 is 1.14 bits per heavy atom. The number of halogens is 4. The Morgan fingerprint density at radius 2 is 1.77 bits per heavy atom. The number of alkyl halides is 3. The van der Waals surface area contributed by atoms with Gasteiger partial charge in [0.15, 0.2) is 5.69 Å². The highest BCUT2D eigenvalue weighted by Crippen LogP contribution is 2.36. The summed E-state index contributed by atoms with van der Waals surface area (Å²) in [5.41, 5.74) is -2.73. The molecule has 1 aromatic heterocycles. The maximum Gasteiger partial charge on any atom is 0.434 e. The Hall–Kier alpha value is -3.92. The van der Waals surface area contributed by atoms with E-state index in [1.54, 1.807) is 6.07 Å². The number of hydrogen-bond acceptors (Lipinski definition) is 7. The summed E-state index contributed by atoms with van der Waals surface area (Å²) in [6, 6.07) is 4.81. The monoisotopic (exact) mass is 513 g/mol. The minimum Gasteiger partial charge on any atom is -0.495 e. The molecule has 0 aliphatic carbocycles. The highest BCUT2D eigenvalue weighted by atomic mass is 35.5. The number of anilines is 2. The maximum absolute atomic E-state index is 13.4. The zero-order valence-electron chi connectivity index (χ0n) is 18.4. The van der Waals surface area contributed by atoms with Gasteiger partial charge in [-0.2, -0.15) is 18.4 Å². The number of nitrogens with one attached hydrogen (secondary N) is 1. The molecule has 0 unspecified atom stereocenters. The summed E-state index contributed by atoms with van der Waals surface area (Å²) in [6.07, 6.45) is -5.03. The number of carbonyl (C=O) groups is 2. The van der Waals surface area contributed by atoms with Gasteiger partial charge >= 0.3 is 18.2 Å². The number of rotatable bonds is 5. The van der Waals surface area contributed by atoms with Crippen molar-refractivity contribution in [3.63, 3.8) is 0 Å². The van der Waals surface area contributed by atoms with E-state index in [9.17, 15) is 28.0 Å². The van der Waals surface area contributed by atoms with E-state index in [-0.39, 0.29) is 42.6 Å². The third kappa shape index (κ3) is 5.43. The van der Waals surface area contributed by atoms with E-state index >= 15 is 0 Å². The highest BCUT2D eigenvalue weighted by Gasteiger charge is 2.39. The molecule has 0 spiro atoms. The molecule has 35 heavy (non-hydrogen) atoms. The van der Waals surface area contributed by atoms with Crippen LogP contribution in [-0.2, 0) is 6.18 Å². The second kappa shape index (κ2) is 10.1. The number of amides is 2. The van der Waals surface area contributed by atoms with Crippen molar-refractivity contribution in [1.29, 1.82) is 5.26 Å². The molecule has 2 amide bonds. The number of carboxylic acid groups (broad SMARTS) is 1. The predicted molar refractivity (Wildman–Crippen MR) is 118 cm³/mol. The molecule has 186 valence electrons. The van der Waals surface area contributed by atoms with E-state index in [0.29, 0.717) is 23.3 Å². The van der Waals surface area contributed by atoms with Crippen LogP contribution in [0.1, 0.15) is 21.6 Å². The highest BCUT2D eigenvalue weighted by molar-refractivity contribution is 6.32. The molecule has 10 nitrogen and oxygen atoms in total. The molecule has 14 heteroatoms. The van der Waals surface area contributed by atoms with Gasteiger partial charge in [-0.3, -0.25) is 0 Å². The molecule has 0 saturated carbocycles. The molecule has 0 bridgehead atoms. The molecule has 1 saturated heterocycles. The van der Waals surface area contributed by atoms with Crippen LogP contribution in [0.15, 0.2) is 18.2 Å². The van der Waals surface area contributed by atoms with Gasteiger partial charge in [-0.15, -0.1) is 0 Å². The molecule has 1 fully saturated rings. The standard InChI is InChI=1S/C21H19ClF3N5O5/c1-34-15-9-16(35-2)14(8-13(15)22)27-20(33)30-5-3-29(4-6-30)18-11(10-26)7-12(19(31)32)17(28-18)21(23,24)25/h7-9H,3-6H2,1-2H3,(H,27,33)(H,31,32). The number of methoxy groups -OCH3 is 2. The number of carboxylic acids is 1. The molecule has 2 aromatic rings. The van der Waals surface area contributed by atoms with E-state index in [2.05, 4.69) is 10.3 Å². The maximum atomic E-state index is 13.4. The molecular formula is C21H19ClF3N5O5. The summed E-state index contributed by atoms with van der Waals surface area (Å²) in [4.78, 5) is 30.3. The van der Waals surface area contributed by atoms with Crippen LogP contribution in [0.3, 0.4) is 0 Å². The molecular weight excluding hydrogens is 495 g/mol. The molecule has 3 rings (SSSR count). The summed E-state index contributed by atoms with van der Waals surface area (Å²) in [5, 5.41) is 21.4. The molecule has 1 aliphatic rings. The number of benzene rings is 1. The lowest BCUT2D eigenvalue weighted by Crippen LogP contribution is -2.50. The number of aromatic nitrogens is 1. The number of nitrogens with zero attached hydrogens (tertiary/aromatic N) is 4. The third-order valence-electron chi connectivity index (χ3n) is 5.20. The van der Waals surface area contributed by atoms with Crippen LogP contribution in [0.25, 0.3) is 0 Å². The average molecular weight is 514 g/mol. The lowest BCUT2D eigenvalue weighted by molar-refractivity contribution is -0.141. The van der Waals surface area contributed by atoms with E-state index < -0.39 is 29.4 Å². The van der Waals surface area contributed by atoms with Crippen molar-refractivity contribution < 1.29 is 37.3 Å². The van der Waals surface area contributed by atoms with Crippen LogP contribution in [0.5, 0.6) is 11.5 Å². The summed E-state index contributed by atoms with van der Waals surface area (Å²) in [5.74, 6) is -1.49. The molecule has 0 atom stereocenters. The number of aromatic carboxylic acids is 1. The predicted octanol–water partition coefficient (Wildman–Crippen LogP) is 3.69. The van der Waals surface area contributed by atoms with Crippen molar-refractivity contribution in [3.8, 4) is 17.6 Å². The summed E-state index contributed by atoms with van der Waals surface area (Å²) in [7, 11) is 2.83. The second-order valence-electron chi connectivity index (χ2n) is 7.26. The first-order chi connectivity index (χ1) is 16.5. The van der Waals surface area contributed by atoms with Crippen molar-refractivity contribution in [1.82, 2.24) is 9.88 Å². The number of carbonyl (C=O) groups excluding carboxylic acids is 1. The molecule has 1 aromatic carbocycles. The second-order valence-corrected chi connectivity index (χ2v) is 7.67. The van der Waals surface area contributed by atoms with Crippen LogP contribution in [0.4, 0.5) is 29.5 Å². The summed E-state index contributed by atoms with van der Waals surface area (Å²) >= 11 is 6.12. The van der Waals surface area contributed by atoms with Crippen molar-refractivity contribution in [2.45, 2.75) is 6.18 Å². The lowest BCUT2D eigenvalue weighted by atomic mass is 10.1. The van der Waals surface area contributed by atoms with Crippen LogP contribution in [0, 0.1) is 11.3 Å². The van der Waals surface area contributed by atoms with Crippen molar-refractivity contribution in [2.75, 3.05) is 50.6 Å². The largest absolute Gasteiger partial charge is 0.495 e. The normalized spacial score (nSPS) is 13.7. The van der Waals surface area contributed by atoms with Gasteiger partial charge in [0.05, 0.1) is 36.1 Å². The fourth-order valence-corrected chi connectivity index (χ4v) is 3.72. The number of pyridine rings is 1. The van der Waals surface area contributed by atoms with E-state index in [4.69, 9.17) is 26.2 Å². The van der Waals surface area contributed by atoms with Gasteiger partial charge in [0.2, 0.25) is 0 Å². The van der Waals surface area contributed by atoms with Gasteiger partial charge in [-0.25, -0.2) is 14.6 Å². The van der Waals surface area contributed by atoms with E-state index in [0.717, 1.165) is 0 Å². The van der Waals surface area contributed by atoms with Gasteiger partial charge in [-0.05, 0) is 12.1 Å². The van der Waals surface area contributed by atoms with E-state index in [1.807, 2.05) is 0 Å². The fourth-order valence-electron chi connectivity index (χ4n) is 3.48. The van der Waals surface area contributed by atoms with Crippen LogP contribution in [0.2, 0.25) is 5.02 Å². The van der Waals surface area contributed by atoms with Gasteiger partial charge in [0.25, 0.3) is 0 Å². The van der Waals surface area contributed by atoms with Gasteiger partial charge in [0.1, 0.15) is 23.4 Å². The first kappa shape index (κ1) is 25.7. The Balaban J connectivity index is 1.78. The first-order valence-electron chi connectivity index (χ1n) is 9.98. The number of urea groups is 1. The summed E-state index contributed by atoms with van der Waals surface area (Å²) in [6.45, 7) is 0.290. The number of ether oxygens (including phenoxy) is 2. The van der Waals surface area contributed by atoms with Gasteiger partial charge < -0.3 is 29.7 Å². The average Bonchev–Trinajstić information content (AvgIpc) is 2.82. The number of nitriles is 1.